The number of aromatic amines is 1. The van der Waals surface area contributed by atoms with Crippen LogP contribution in [0.1, 0.15) is 17.5 Å². The largest absolute Gasteiger partial charge is 0.444 e. The monoisotopic (exact) mass is 210 g/mol. The van der Waals surface area contributed by atoms with Crippen LogP contribution in [0.5, 0.6) is 0 Å². The molecule has 0 radical (unpaired) electrons. The third-order valence-corrected chi connectivity index (χ3v) is 2.24. The van der Waals surface area contributed by atoms with Crippen molar-refractivity contribution in [2.75, 3.05) is 0 Å². The van der Waals surface area contributed by atoms with E-state index in [0.29, 0.717) is 17.2 Å². The van der Waals surface area contributed by atoms with Crippen LogP contribution in [0.15, 0.2) is 10.6 Å². The van der Waals surface area contributed by atoms with E-state index in [-0.39, 0.29) is 0 Å². The van der Waals surface area contributed by atoms with E-state index in [0.717, 1.165) is 11.6 Å². The lowest BCUT2D eigenvalue weighted by Crippen LogP contribution is -2.01. The molecule has 0 aliphatic rings. The summed E-state index contributed by atoms with van der Waals surface area (Å²) in [4.78, 5) is 4.01. The van der Waals surface area contributed by atoms with Crippen molar-refractivity contribution in [1.29, 1.82) is 0 Å². The number of aromatic nitrogens is 4. The van der Waals surface area contributed by atoms with Gasteiger partial charge in [-0.25, -0.2) is 4.98 Å². The highest BCUT2D eigenvalue weighted by molar-refractivity contribution is 7.71. The minimum absolute atomic E-state index is 0.571. The lowest BCUT2D eigenvalue weighted by atomic mass is 10.5. The van der Waals surface area contributed by atoms with Gasteiger partial charge in [0.25, 0.3) is 0 Å². The highest BCUT2D eigenvalue weighted by Crippen LogP contribution is 2.06. The summed E-state index contributed by atoms with van der Waals surface area (Å²) in [5.41, 5.74) is 0. The first-order chi connectivity index (χ1) is 6.66. The minimum Gasteiger partial charge on any atom is -0.444 e. The van der Waals surface area contributed by atoms with Crippen molar-refractivity contribution >= 4 is 12.2 Å². The van der Waals surface area contributed by atoms with E-state index < -0.39 is 0 Å². The van der Waals surface area contributed by atoms with Crippen molar-refractivity contribution in [3.05, 3.63) is 28.4 Å². The molecule has 0 atom stereocenters. The van der Waals surface area contributed by atoms with Gasteiger partial charge in [0.1, 0.15) is 11.6 Å². The molecule has 0 aromatic carbocycles. The van der Waals surface area contributed by atoms with Crippen LogP contribution >= 0.6 is 12.2 Å². The van der Waals surface area contributed by atoms with Gasteiger partial charge < -0.3 is 4.42 Å². The van der Waals surface area contributed by atoms with Crippen molar-refractivity contribution in [3.8, 4) is 0 Å². The molecule has 2 heterocycles. The van der Waals surface area contributed by atoms with Crippen LogP contribution < -0.4 is 0 Å². The Kier molecular flexibility index (Phi) is 2.20. The van der Waals surface area contributed by atoms with Gasteiger partial charge in [-0.1, -0.05) is 0 Å². The van der Waals surface area contributed by atoms with Gasteiger partial charge in [0.2, 0.25) is 0 Å². The Labute approximate surface area is 85.8 Å². The van der Waals surface area contributed by atoms with Gasteiger partial charge >= 0.3 is 0 Å². The predicted molar refractivity (Wildman–Crippen MR) is 52.5 cm³/mol. The Bertz CT molecular complexity index is 495. The zero-order valence-electron chi connectivity index (χ0n) is 7.94. The van der Waals surface area contributed by atoms with Crippen LogP contribution in [0.2, 0.25) is 0 Å². The van der Waals surface area contributed by atoms with E-state index in [9.17, 15) is 0 Å². The van der Waals surface area contributed by atoms with E-state index in [2.05, 4.69) is 15.2 Å². The zero-order valence-corrected chi connectivity index (χ0v) is 8.76. The van der Waals surface area contributed by atoms with Crippen molar-refractivity contribution in [1.82, 2.24) is 19.7 Å². The quantitative estimate of drug-likeness (QED) is 0.765. The van der Waals surface area contributed by atoms with Crippen LogP contribution in [0.4, 0.5) is 0 Å². The molecule has 74 valence electrons. The molecule has 2 aromatic heterocycles. The third kappa shape index (κ3) is 1.60. The van der Waals surface area contributed by atoms with Crippen LogP contribution in [-0.4, -0.2) is 19.7 Å². The maximum Gasteiger partial charge on any atom is 0.195 e. The smallest absolute Gasteiger partial charge is 0.195 e. The van der Waals surface area contributed by atoms with E-state index in [1.54, 1.807) is 6.20 Å². The summed E-state index contributed by atoms with van der Waals surface area (Å²) < 4.78 is 7.80. The molecule has 2 rings (SSSR count). The lowest BCUT2D eigenvalue weighted by molar-refractivity contribution is 0.459. The summed E-state index contributed by atoms with van der Waals surface area (Å²) in [6.07, 6.45) is 1.70. The van der Waals surface area contributed by atoms with Crippen LogP contribution in [0.25, 0.3) is 0 Å². The molecule has 5 nitrogen and oxygen atoms in total. The number of hydrogen-bond acceptors (Lipinski definition) is 4. The molecule has 6 heteroatoms. The summed E-state index contributed by atoms with van der Waals surface area (Å²) in [6.45, 7) is 4.27. The highest BCUT2D eigenvalue weighted by Gasteiger charge is 2.05. The number of H-pyrrole nitrogens is 1. The number of nitrogens with zero attached hydrogens (tertiary/aromatic N) is 3. The summed E-state index contributed by atoms with van der Waals surface area (Å²) in [5.74, 6) is 2.28. The molecule has 0 amide bonds. The molecule has 0 aliphatic heterocycles. The predicted octanol–water partition coefficient (Wildman–Crippen LogP) is 1.59. The Morgan fingerprint density at radius 2 is 2.36 bits per heavy atom. The van der Waals surface area contributed by atoms with Crippen LogP contribution in [0, 0.1) is 18.6 Å². The first kappa shape index (κ1) is 9.14. The van der Waals surface area contributed by atoms with Crippen molar-refractivity contribution in [2.24, 2.45) is 0 Å². The van der Waals surface area contributed by atoms with Gasteiger partial charge in [-0.05, 0) is 19.1 Å². The van der Waals surface area contributed by atoms with Crippen molar-refractivity contribution in [2.45, 2.75) is 20.4 Å². The maximum absolute atomic E-state index is 5.35. The molecule has 0 spiro atoms. The van der Waals surface area contributed by atoms with Gasteiger partial charge in [0, 0.05) is 6.92 Å². The van der Waals surface area contributed by atoms with Gasteiger partial charge in [-0.2, -0.15) is 5.10 Å². The molecule has 0 fully saturated rings. The second kappa shape index (κ2) is 3.38. The fourth-order valence-electron chi connectivity index (χ4n) is 1.22. The van der Waals surface area contributed by atoms with Crippen molar-refractivity contribution < 1.29 is 4.42 Å². The van der Waals surface area contributed by atoms with Gasteiger partial charge in [0.15, 0.2) is 10.7 Å². The Morgan fingerprint density at radius 1 is 1.57 bits per heavy atom. The fraction of sp³-hybridized carbons (Fsp3) is 0.375. The van der Waals surface area contributed by atoms with E-state index in [4.69, 9.17) is 16.6 Å². The maximum atomic E-state index is 5.35. The second-order valence-corrected chi connectivity index (χ2v) is 3.39. The molecule has 0 bridgehead atoms. The minimum atomic E-state index is 0.571. The molecule has 0 aliphatic carbocycles. The SMILES string of the molecule is Cc1ncc(Cn2c(C)n[nH]c2=S)o1. The topological polar surface area (TPSA) is 59.6 Å². The van der Waals surface area contributed by atoms with Crippen LogP contribution in [-0.2, 0) is 6.54 Å². The van der Waals surface area contributed by atoms with E-state index >= 15 is 0 Å². The summed E-state index contributed by atoms with van der Waals surface area (Å²) in [5, 5.41) is 6.72. The molecule has 0 saturated carbocycles. The van der Waals surface area contributed by atoms with E-state index in [1.165, 1.54) is 0 Å². The van der Waals surface area contributed by atoms with Crippen molar-refractivity contribution in [3.63, 3.8) is 0 Å². The fourth-order valence-corrected chi connectivity index (χ4v) is 1.46. The molecular formula is C8H10N4OS. The first-order valence-corrected chi connectivity index (χ1v) is 4.61. The summed E-state index contributed by atoms with van der Waals surface area (Å²) in [6, 6.07) is 0. The molecule has 0 unspecified atom stereocenters. The normalized spacial score (nSPS) is 10.7. The van der Waals surface area contributed by atoms with Crippen LogP contribution in [0.3, 0.4) is 0 Å². The highest BCUT2D eigenvalue weighted by atomic mass is 32.1. The van der Waals surface area contributed by atoms with E-state index in [1.807, 2.05) is 18.4 Å². The number of oxazole rings is 1. The second-order valence-electron chi connectivity index (χ2n) is 3.01. The number of rotatable bonds is 2. The number of aryl methyl sites for hydroxylation is 2. The molecule has 0 saturated heterocycles. The molecule has 1 N–H and O–H groups in total. The third-order valence-electron chi connectivity index (χ3n) is 1.93. The van der Waals surface area contributed by atoms with Gasteiger partial charge in [-0.3, -0.25) is 9.67 Å². The summed E-state index contributed by atoms with van der Waals surface area (Å²) >= 11 is 5.06. The lowest BCUT2D eigenvalue weighted by Gasteiger charge is -1.99. The Hall–Kier alpha value is -1.43. The average molecular weight is 210 g/mol. The number of hydrogen-bond donors (Lipinski definition) is 1. The average Bonchev–Trinajstić information content (AvgIpc) is 2.67. The van der Waals surface area contributed by atoms with Gasteiger partial charge in [0.05, 0.1) is 12.7 Å². The first-order valence-electron chi connectivity index (χ1n) is 4.20. The number of nitrogens with one attached hydrogen (secondary N) is 1. The zero-order chi connectivity index (χ0) is 10.1. The Balaban J connectivity index is 2.31. The summed E-state index contributed by atoms with van der Waals surface area (Å²) in [7, 11) is 0. The van der Waals surface area contributed by atoms with Gasteiger partial charge in [-0.15, -0.1) is 0 Å². The standard InChI is InChI=1S/C8H10N4OS/c1-5-10-11-8(14)12(5)4-7-3-9-6(2)13-7/h3H,4H2,1-2H3,(H,11,14). The molecule has 14 heavy (non-hydrogen) atoms. The molecule has 2 aromatic rings. The Morgan fingerprint density at radius 3 is 2.86 bits per heavy atom. The molecular weight excluding hydrogens is 200 g/mol.